The molecule has 0 unspecified atom stereocenters. The van der Waals surface area contributed by atoms with Crippen molar-refractivity contribution >= 4 is 6.21 Å². The van der Waals surface area contributed by atoms with Crippen LogP contribution in [0.3, 0.4) is 0 Å². The molecule has 84 valence electrons. The second-order valence-corrected chi connectivity index (χ2v) is 3.16. The summed E-state index contributed by atoms with van der Waals surface area (Å²) in [6.07, 6.45) is 6.74. The van der Waals surface area contributed by atoms with Gasteiger partial charge in [-0.25, -0.2) is 0 Å². The topological polar surface area (TPSA) is 30.8 Å². The lowest BCUT2D eigenvalue weighted by atomic mass is 10.1. The van der Waals surface area contributed by atoms with Crippen LogP contribution in [0.25, 0.3) is 0 Å². The second kappa shape index (κ2) is 6.78. The van der Waals surface area contributed by atoms with Crippen LogP contribution in [0.5, 0.6) is 0 Å². The summed E-state index contributed by atoms with van der Waals surface area (Å²) in [5.41, 5.74) is 1.87. The summed E-state index contributed by atoms with van der Waals surface area (Å²) < 4.78 is 10.0. The van der Waals surface area contributed by atoms with Crippen LogP contribution in [0.2, 0.25) is 0 Å². The molecule has 0 saturated heterocycles. The van der Waals surface area contributed by atoms with Gasteiger partial charge in [0.05, 0.1) is 6.54 Å². The maximum absolute atomic E-state index is 5.26. The van der Waals surface area contributed by atoms with Crippen LogP contribution in [0.15, 0.2) is 29.3 Å². The molecule has 0 aromatic heterocycles. The molecule has 3 nitrogen and oxygen atoms in total. The van der Waals surface area contributed by atoms with Crippen LogP contribution in [-0.2, 0) is 9.47 Å². The Morgan fingerprint density at radius 1 is 1.31 bits per heavy atom. The van der Waals surface area contributed by atoms with Gasteiger partial charge in [-0.3, -0.25) is 4.99 Å². The number of nitrogens with zero attached hydrogens (tertiary/aromatic N) is 1. The third kappa shape index (κ3) is 3.85. The van der Waals surface area contributed by atoms with Gasteiger partial charge in [0.2, 0.25) is 0 Å². The number of ether oxygens (including phenoxy) is 2. The van der Waals surface area contributed by atoms with Crippen LogP contribution in [0.1, 0.15) is 11.1 Å². The van der Waals surface area contributed by atoms with Gasteiger partial charge in [0, 0.05) is 26.0 Å². The Morgan fingerprint density at radius 3 is 2.44 bits per heavy atom. The molecule has 1 rings (SSSR count). The number of hydrogen-bond donors (Lipinski definition) is 0. The zero-order valence-corrected chi connectivity index (χ0v) is 9.51. The van der Waals surface area contributed by atoms with E-state index in [1.807, 2.05) is 24.3 Å². The number of terminal acetylenes is 1. The Balaban J connectivity index is 2.53. The van der Waals surface area contributed by atoms with Crippen LogP contribution in [0, 0.1) is 12.3 Å². The van der Waals surface area contributed by atoms with Crippen molar-refractivity contribution in [2.24, 2.45) is 4.99 Å². The first-order chi connectivity index (χ1) is 7.80. The van der Waals surface area contributed by atoms with Crippen molar-refractivity contribution in [1.29, 1.82) is 0 Å². The van der Waals surface area contributed by atoms with Gasteiger partial charge in [-0.15, -0.1) is 6.42 Å². The van der Waals surface area contributed by atoms with E-state index in [1.165, 1.54) is 0 Å². The van der Waals surface area contributed by atoms with Gasteiger partial charge >= 0.3 is 0 Å². The van der Waals surface area contributed by atoms with Crippen LogP contribution in [0.4, 0.5) is 0 Å². The Morgan fingerprint density at radius 2 is 1.94 bits per heavy atom. The van der Waals surface area contributed by atoms with E-state index < -0.39 is 0 Å². The Bertz CT molecular complexity index is 372. The van der Waals surface area contributed by atoms with Crippen molar-refractivity contribution in [1.82, 2.24) is 0 Å². The Hall–Kier alpha value is -1.63. The molecule has 3 heteroatoms. The van der Waals surface area contributed by atoms with Gasteiger partial charge in [0.25, 0.3) is 0 Å². The highest BCUT2D eigenvalue weighted by molar-refractivity contribution is 5.79. The van der Waals surface area contributed by atoms with Crippen molar-refractivity contribution in [3.05, 3.63) is 35.4 Å². The largest absolute Gasteiger partial charge is 0.354 e. The molecular formula is C13H15NO2. The van der Waals surface area contributed by atoms with Gasteiger partial charge in [-0.1, -0.05) is 18.1 Å². The molecule has 0 aliphatic carbocycles. The second-order valence-electron chi connectivity index (χ2n) is 3.16. The first-order valence-corrected chi connectivity index (χ1v) is 4.92. The molecule has 0 N–H and O–H groups in total. The highest BCUT2D eigenvalue weighted by Crippen LogP contribution is 2.01. The lowest BCUT2D eigenvalue weighted by molar-refractivity contribution is -0.0936. The standard InChI is InChI=1S/C13H15NO2/c1-4-11-5-7-12(8-6-11)9-14-10-13(15-2)16-3/h1,5-9,13H,10H2,2-3H3. The van der Waals surface area contributed by atoms with E-state index in [2.05, 4.69) is 10.9 Å². The van der Waals surface area contributed by atoms with E-state index in [0.29, 0.717) is 6.54 Å². The van der Waals surface area contributed by atoms with Crippen LogP contribution in [-0.4, -0.2) is 33.3 Å². The molecule has 0 atom stereocenters. The molecule has 0 aliphatic heterocycles. The number of hydrogen-bond acceptors (Lipinski definition) is 3. The molecule has 0 saturated carbocycles. The molecule has 0 bridgehead atoms. The summed E-state index contributed by atoms with van der Waals surface area (Å²) in [6, 6.07) is 7.61. The third-order valence-electron chi connectivity index (χ3n) is 2.10. The number of methoxy groups -OCH3 is 2. The summed E-state index contributed by atoms with van der Waals surface area (Å²) in [5.74, 6) is 2.56. The molecule has 0 fully saturated rings. The number of rotatable bonds is 5. The maximum atomic E-state index is 5.26. The summed E-state index contributed by atoms with van der Waals surface area (Å²) in [6.45, 7) is 0.476. The maximum Gasteiger partial charge on any atom is 0.176 e. The van der Waals surface area contributed by atoms with Gasteiger partial charge < -0.3 is 9.47 Å². The minimum Gasteiger partial charge on any atom is -0.354 e. The fourth-order valence-corrected chi connectivity index (χ4v) is 1.15. The predicted molar refractivity (Wildman–Crippen MR) is 64.6 cm³/mol. The lowest BCUT2D eigenvalue weighted by Gasteiger charge is -2.09. The van der Waals surface area contributed by atoms with E-state index in [-0.39, 0.29) is 6.29 Å². The summed E-state index contributed by atoms with van der Waals surface area (Å²) >= 11 is 0. The van der Waals surface area contributed by atoms with E-state index in [4.69, 9.17) is 15.9 Å². The van der Waals surface area contributed by atoms with Crippen molar-refractivity contribution in [3.63, 3.8) is 0 Å². The smallest absolute Gasteiger partial charge is 0.176 e. The fraction of sp³-hybridized carbons (Fsp3) is 0.308. The van der Waals surface area contributed by atoms with Gasteiger partial charge in [-0.05, 0) is 17.7 Å². The molecule has 0 spiro atoms. The zero-order chi connectivity index (χ0) is 11.8. The van der Waals surface area contributed by atoms with Crippen molar-refractivity contribution in [2.75, 3.05) is 20.8 Å². The average molecular weight is 217 g/mol. The first-order valence-electron chi connectivity index (χ1n) is 4.92. The van der Waals surface area contributed by atoms with Gasteiger partial charge in [0.15, 0.2) is 6.29 Å². The van der Waals surface area contributed by atoms with Crippen molar-refractivity contribution in [3.8, 4) is 12.3 Å². The summed E-state index contributed by atoms with van der Waals surface area (Å²) in [5, 5.41) is 0. The van der Waals surface area contributed by atoms with E-state index in [9.17, 15) is 0 Å². The van der Waals surface area contributed by atoms with Crippen LogP contribution < -0.4 is 0 Å². The molecule has 0 radical (unpaired) electrons. The number of benzene rings is 1. The normalized spacial score (nSPS) is 10.9. The molecular weight excluding hydrogens is 202 g/mol. The quantitative estimate of drug-likeness (QED) is 0.427. The van der Waals surface area contributed by atoms with Gasteiger partial charge in [0.1, 0.15) is 0 Å². The predicted octanol–water partition coefficient (Wildman–Crippen LogP) is 1.71. The van der Waals surface area contributed by atoms with Crippen molar-refractivity contribution < 1.29 is 9.47 Å². The Labute approximate surface area is 96.1 Å². The van der Waals surface area contributed by atoms with E-state index in [1.54, 1.807) is 20.4 Å². The SMILES string of the molecule is C#Cc1ccc(C=NCC(OC)OC)cc1. The van der Waals surface area contributed by atoms with E-state index in [0.717, 1.165) is 11.1 Å². The molecule has 0 amide bonds. The summed E-state index contributed by atoms with van der Waals surface area (Å²) in [7, 11) is 3.18. The highest BCUT2D eigenvalue weighted by Gasteiger charge is 2.01. The molecule has 0 aliphatic rings. The number of aliphatic imine (C=N–C) groups is 1. The zero-order valence-electron chi connectivity index (χ0n) is 9.51. The first kappa shape index (κ1) is 12.4. The monoisotopic (exact) mass is 217 g/mol. The summed E-state index contributed by atoms with van der Waals surface area (Å²) in [4.78, 5) is 4.21. The molecule has 16 heavy (non-hydrogen) atoms. The fourth-order valence-electron chi connectivity index (χ4n) is 1.15. The minimum atomic E-state index is -0.291. The van der Waals surface area contributed by atoms with Gasteiger partial charge in [-0.2, -0.15) is 0 Å². The van der Waals surface area contributed by atoms with Crippen LogP contribution >= 0.6 is 0 Å². The van der Waals surface area contributed by atoms with Crippen molar-refractivity contribution in [2.45, 2.75) is 6.29 Å². The van der Waals surface area contributed by atoms with E-state index >= 15 is 0 Å². The molecule has 0 heterocycles. The molecule has 1 aromatic rings. The third-order valence-corrected chi connectivity index (χ3v) is 2.10. The molecule has 1 aromatic carbocycles. The minimum absolute atomic E-state index is 0.291. The highest BCUT2D eigenvalue weighted by atomic mass is 16.7. The lowest BCUT2D eigenvalue weighted by Crippen LogP contribution is -2.16. The average Bonchev–Trinajstić information content (AvgIpc) is 2.35. The Kier molecular flexibility index (Phi) is 5.27.